The number of hydrogen-bond acceptors (Lipinski definition) is 3. The molecule has 0 aliphatic rings. The molecule has 2 rings (SSSR count). The third-order valence-corrected chi connectivity index (χ3v) is 4.86. The maximum Gasteiger partial charge on any atom is 0.252 e. The first-order valence-electron chi connectivity index (χ1n) is 6.03. The molecule has 3 nitrogen and oxygen atoms in total. The smallest absolute Gasteiger partial charge is 0.252 e. The van der Waals surface area contributed by atoms with Crippen LogP contribution in [0.5, 0.6) is 0 Å². The molecular formula is C14H14Cl2N2OS. The average Bonchev–Trinajstić information content (AvgIpc) is 2.94. The number of rotatable bonds is 4. The van der Waals surface area contributed by atoms with Crippen LogP contribution in [0.15, 0.2) is 29.8 Å². The van der Waals surface area contributed by atoms with Crippen molar-refractivity contribution in [3.05, 3.63) is 50.4 Å². The minimum absolute atomic E-state index is 0.118. The third-order valence-electron chi connectivity index (χ3n) is 2.94. The fourth-order valence-electron chi connectivity index (χ4n) is 1.70. The summed E-state index contributed by atoms with van der Waals surface area (Å²) >= 11 is 13.3. The van der Waals surface area contributed by atoms with Crippen LogP contribution in [0.25, 0.3) is 0 Å². The molecule has 0 saturated heterocycles. The van der Waals surface area contributed by atoms with Crippen molar-refractivity contribution in [2.24, 2.45) is 0 Å². The minimum atomic E-state index is -0.208. The molecule has 0 fully saturated rings. The predicted molar refractivity (Wildman–Crippen MR) is 83.9 cm³/mol. The SMILES string of the molecule is CC(C)(CNC(=O)c1cnc(Cl)c(Cl)c1)c1cccs1. The van der Waals surface area contributed by atoms with E-state index in [-0.39, 0.29) is 21.5 Å². The Labute approximate surface area is 131 Å². The zero-order valence-electron chi connectivity index (χ0n) is 11.1. The fourth-order valence-corrected chi connectivity index (χ4v) is 2.82. The number of nitrogens with zero attached hydrogens (tertiary/aromatic N) is 1. The Hall–Kier alpha value is -1.10. The molecule has 0 atom stereocenters. The van der Waals surface area contributed by atoms with Crippen LogP contribution in [-0.4, -0.2) is 17.4 Å². The van der Waals surface area contributed by atoms with Gasteiger partial charge in [0.05, 0.1) is 10.6 Å². The molecule has 0 aliphatic heterocycles. The van der Waals surface area contributed by atoms with Crippen molar-refractivity contribution >= 4 is 40.4 Å². The van der Waals surface area contributed by atoms with E-state index in [1.54, 1.807) is 11.3 Å². The molecule has 0 radical (unpaired) electrons. The lowest BCUT2D eigenvalue weighted by atomic mass is 9.91. The molecular weight excluding hydrogens is 315 g/mol. The van der Waals surface area contributed by atoms with Crippen LogP contribution in [0.1, 0.15) is 29.1 Å². The van der Waals surface area contributed by atoms with E-state index in [1.165, 1.54) is 17.1 Å². The zero-order valence-corrected chi connectivity index (χ0v) is 13.4. The van der Waals surface area contributed by atoms with Crippen LogP contribution in [0.2, 0.25) is 10.2 Å². The van der Waals surface area contributed by atoms with Crippen molar-refractivity contribution in [1.29, 1.82) is 0 Å². The Morgan fingerprint density at radius 2 is 2.20 bits per heavy atom. The number of halogens is 2. The van der Waals surface area contributed by atoms with Gasteiger partial charge in [-0.05, 0) is 17.5 Å². The molecule has 0 bridgehead atoms. The lowest BCUT2D eigenvalue weighted by Crippen LogP contribution is -2.36. The van der Waals surface area contributed by atoms with E-state index >= 15 is 0 Å². The van der Waals surface area contributed by atoms with Crippen molar-refractivity contribution < 1.29 is 4.79 Å². The van der Waals surface area contributed by atoms with Gasteiger partial charge in [-0.15, -0.1) is 11.3 Å². The van der Waals surface area contributed by atoms with Gasteiger partial charge in [0, 0.05) is 23.0 Å². The van der Waals surface area contributed by atoms with Crippen LogP contribution < -0.4 is 5.32 Å². The maximum atomic E-state index is 12.1. The number of amides is 1. The molecule has 1 amide bonds. The monoisotopic (exact) mass is 328 g/mol. The summed E-state index contributed by atoms with van der Waals surface area (Å²) in [5.74, 6) is -0.208. The van der Waals surface area contributed by atoms with Gasteiger partial charge >= 0.3 is 0 Å². The number of carbonyl (C=O) groups is 1. The summed E-state index contributed by atoms with van der Waals surface area (Å²) in [6, 6.07) is 5.59. The van der Waals surface area contributed by atoms with Gasteiger partial charge in [-0.3, -0.25) is 4.79 Å². The van der Waals surface area contributed by atoms with E-state index in [9.17, 15) is 4.79 Å². The Morgan fingerprint density at radius 1 is 1.45 bits per heavy atom. The number of pyridine rings is 1. The zero-order chi connectivity index (χ0) is 14.8. The largest absolute Gasteiger partial charge is 0.351 e. The molecule has 6 heteroatoms. The Kier molecular flexibility index (Phi) is 4.68. The summed E-state index contributed by atoms with van der Waals surface area (Å²) in [5, 5.41) is 5.40. The molecule has 0 aromatic carbocycles. The number of thiophene rings is 1. The van der Waals surface area contributed by atoms with Crippen molar-refractivity contribution in [3.63, 3.8) is 0 Å². The molecule has 1 N–H and O–H groups in total. The molecule has 20 heavy (non-hydrogen) atoms. The highest BCUT2D eigenvalue weighted by Gasteiger charge is 2.22. The lowest BCUT2D eigenvalue weighted by molar-refractivity contribution is 0.0945. The van der Waals surface area contributed by atoms with Gasteiger partial charge in [-0.2, -0.15) is 0 Å². The molecule has 0 aliphatic carbocycles. The Morgan fingerprint density at radius 3 is 2.80 bits per heavy atom. The van der Waals surface area contributed by atoms with Crippen LogP contribution in [0.4, 0.5) is 0 Å². The van der Waals surface area contributed by atoms with E-state index in [2.05, 4.69) is 30.2 Å². The van der Waals surface area contributed by atoms with Crippen LogP contribution >= 0.6 is 34.5 Å². The Bertz CT molecular complexity index is 612. The van der Waals surface area contributed by atoms with E-state index in [0.29, 0.717) is 12.1 Å². The number of hydrogen-bond donors (Lipinski definition) is 1. The van der Waals surface area contributed by atoms with E-state index in [0.717, 1.165) is 0 Å². The molecule has 2 heterocycles. The number of nitrogens with one attached hydrogen (secondary N) is 1. The first-order chi connectivity index (χ1) is 9.40. The highest BCUT2D eigenvalue weighted by atomic mass is 35.5. The van der Waals surface area contributed by atoms with Crippen LogP contribution in [-0.2, 0) is 5.41 Å². The van der Waals surface area contributed by atoms with E-state index in [4.69, 9.17) is 23.2 Å². The molecule has 106 valence electrons. The quantitative estimate of drug-likeness (QED) is 0.856. The van der Waals surface area contributed by atoms with Crippen LogP contribution in [0, 0.1) is 0 Å². The van der Waals surface area contributed by atoms with Gasteiger partial charge in [0.15, 0.2) is 0 Å². The van der Waals surface area contributed by atoms with Gasteiger partial charge in [-0.25, -0.2) is 4.98 Å². The molecule has 0 spiro atoms. The summed E-state index contributed by atoms with van der Waals surface area (Å²) in [4.78, 5) is 17.2. The fraction of sp³-hybridized carbons (Fsp3) is 0.286. The first kappa shape index (κ1) is 15.3. The van der Waals surface area contributed by atoms with Crippen LogP contribution in [0.3, 0.4) is 0 Å². The average molecular weight is 329 g/mol. The normalized spacial score (nSPS) is 11.4. The number of carbonyl (C=O) groups excluding carboxylic acids is 1. The second kappa shape index (κ2) is 6.12. The second-order valence-corrected chi connectivity index (χ2v) is 6.75. The second-order valence-electron chi connectivity index (χ2n) is 5.04. The maximum absolute atomic E-state index is 12.1. The van der Waals surface area contributed by atoms with Gasteiger partial charge in [-0.1, -0.05) is 43.1 Å². The number of aromatic nitrogens is 1. The standard InChI is InChI=1S/C14H14Cl2N2OS/c1-14(2,11-4-3-5-20-11)8-18-13(19)9-6-10(15)12(16)17-7-9/h3-7H,8H2,1-2H3,(H,18,19). The highest BCUT2D eigenvalue weighted by molar-refractivity contribution is 7.10. The summed E-state index contributed by atoms with van der Waals surface area (Å²) in [6.07, 6.45) is 1.42. The van der Waals surface area contributed by atoms with Crippen molar-refractivity contribution in [1.82, 2.24) is 10.3 Å². The minimum Gasteiger partial charge on any atom is -0.351 e. The lowest BCUT2D eigenvalue weighted by Gasteiger charge is -2.23. The summed E-state index contributed by atoms with van der Waals surface area (Å²) in [5.41, 5.74) is 0.286. The topological polar surface area (TPSA) is 42.0 Å². The summed E-state index contributed by atoms with van der Waals surface area (Å²) < 4.78 is 0. The summed E-state index contributed by atoms with van der Waals surface area (Å²) in [6.45, 7) is 4.71. The van der Waals surface area contributed by atoms with Gasteiger partial charge < -0.3 is 5.32 Å². The molecule has 0 unspecified atom stereocenters. The van der Waals surface area contributed by atoms with E-state index < -0.39 is 0 Å². The molecule has 0 saturated carbocycles. The third kappa shape index (κ3) is 3.51. The first-order valence-corrected chi connectivity index (χ1v) is 7.67. The molecule has 2 aromatic heterocycles. The van der Waals surface area contributed by atoms with E-state index in [1.807, 2.05) is 11.4 Å². The van der Waals surface area contributed by atoms with Crippen molar-refractivity contribution in [2.75, 3.05) is 6.54 Å². The highest BCUT2D eigenvalue weighted by Crippen LogP contribution is 2.26. The van der Waals surface area contributed by atoms with Gasteiger partial charge in [0.2, 0.25) is 0 Å². The Balaban J connectivity index is 2.03. The van der Waals surface area contributed by atoms with Crippen molar-refractivity contribution in [2.45, 2.75) is 19.3 Å². The predicted octanol–water partition coefficient (Wildman–Crippen LogP) is 4.16. The van der Waals surface area contributed by atoms with Crippen molar-refractivity contribution in [3.8, 4) is 0 Å². The molecule has 2 aromatic rings. The van der Waals surface area contributed by atoms with Gasteiger partial charge in [0.25, 0.3) is 5.91 Å². The summed E-state index contributed by atoms with van der Waals surface area (Å²) in [7, 11) is 0. The van der Waals surface area contributed by atoms with Gasteiger partial charge in [0.1, 0.15) is 5.15 Å².